The lowest BCUT2D eigenvalue weighted by Crippen LogP contribution is -2.31. The van der Waals surface area contributed by atoms with Crippen molar-refractivity contribution in [1.82, 2.24) is 5.32 Å². The zero-order valence-electron chi connectivity index (χ0n) is 10.4. The van der Waals surface area contributed by atoms with E-state index in [4.69, 9.17) is 5.11 Å². The Morgan fingerprint density at radius 3 is 2.94 bits per heavy atom. The Morgan fingerprint density at radius 2 is 2.28 bits per heavy atom. The molecule has 0 aliphatic rings. The van der Waals surface area contributed by atoms with Crippen molar-refractivity contribution in [2.24, 2.45) is 5.92 Å². The van der Waals surface area contributed by atoms with Crippen LogP contribution in [0.15, 0.2) is 28.7 Å². The van der Waals surface area contributed by atoms with Crippen LogP contribution in [0.2, 0.25) is 0 Å². The predicted octanol–water partition coefficient (Wildman–Crippen LogP) is 2.00. The van der Waals surface area contributed by atoms with Gasteiger partial charge in [0.15, 0.2) is 0 Å². The van der Waals surface area contributed by atoms with Crippen LogP contribution >= 0.6 is 15.9 Å². The van der Waals surface area contributed by atoms with E-state index in [0.29, 0.717) is 5.92 Å². The van der Waals surface area contributed by atoms with E-state index in [0.717, 1.165) is 23.1 Å². The van der Waals surface area contributed by atoms with Gasteiger partial charge in [-0.15, -0.1) is 0 Å². The number of aliphatic hydroxyl groups is 1. The maximum Gasteiger partial charge on any atom is 0.238 e. The molecule has 100 valence electrons. The highest BCUT2D eigenvalue weighted by molar-refractivity contribution is 9.10. The lowest BCUT2D eigenvalue weighted by atomic mass is 10.1. The van der Waals surface area contributed by atoms with Crippen LogP contribution in [-0.2, 0) is 4.79 Å². The second-order valence-electron chi connectivity index (χ2n) is 4.31. The predicted molar refractivity (Wildman–Crippen MR) is 76.5 cm³/mol. The molecule has 1 amide bonds. The molecule has 1 aromatic carbocycles. The number of halogens is 1. The highest BCUT2D eigenvalue weighted by atomic mass is 79.9. The van der Waals surface area contributed by atoms with E-state index in [1.807, 2.05) is 31.2 Å². The van der Waals surface area contributed by atoms with E-state index in [-0.39, 0.29) is 19.1 Å². The van der Waals surface area contributed by atoms with Crippen LogP contribution in [0.3, 0.4) is 0 Å². The van der Waals surface area contributed by atoms with Gasteiger partial charge in [0.1, 0.15) is 0 Å². The molecule has 0 aliphatic carbocycles. The summed E-state index contributed by atoms with van der Waals surface area (Å²) < 4.78 is 0.935. The number of carbonyl (C=O) groups excluding carboxylic acids is 1. The first-order valence-electron chi connectivity index (χ1n) is 5.99. The van der Waals surface area contributed by atoms with Gasteiger partial charge in [-0.3, -0.25) is 4.79 Å². The van der Waals surface area contributed by atoms with E-state index in [1.165, 1.54) is 0 Å². The molecule has 1 aromatic rings. The van der Waals surface area contributed by atoms with Gasteiger partial charge >= 0.3 is 0 Å². The summed E-state index contributed by atoms with van der Waals surface area (Å²) in [5.74, 6) is 0.304. The number of hydrogen-bond donors (Lipinski definition) is 3. The lowest BCUT2D eigenvalue weighted by Gasteiger charge is -2.11. The van der Waals surface area contributed by atoms with E-state index >= 15 is 0 Å². The molecule has 4 nitrogen and oxygen atoms in total. The molecule has 0 heterocycles. The number of rotatable bonds is 7. The number of carbonyl (C=O) groups is 1. The normalized spacial score (nSPS) is 12.2. The zero-order chi connectivity index (χ0) is 13.4. The molecule has 0 bridgehead atoms. The van der Waals surface area contributed by atoms with Crippen LogP contribution in [0, 0.1) is 5.92 Å². The fraction of sp³-hybridized carbons (Fsp3) is 0.462. The van der Waals surface area contributed by atoms with Gasteiger partial charge in [-0.05, 0) is 37.1 Å². The third kappa shape index (κ3) is 6.14. The first-order valence-corrected chi connectivity index (χ1v) is 6.78. The Hall–Kier alpha value is -0.910. The van der Waals surface area contributed by atoms with Crippen molar-refractivity contribution < 1.29 is 9.90 Å². The molecule has 1 atom stereocenters. The maximum atomic E-state index is 11.6. The van der Waals surface area contributed by atoms with Crippen LogP contribution in [0.5, 0.6) is 0 Å². The van der Waals surface area contributed by atoms with Gasteiger partial charge in [-0.25, -0.2) is 0 Å². The van der Waals surface area contributed by atoms with Crippen LogP contribution in [0.25, 0.3) is 0 Å². The number of benzene rings is 1. The fourth-order valence-corrected chi connectivity index (χ4v) is 1.93. The van der Waals surface area contributed by atoms with Crippen molar-refractivity contribution in [3.63, 3.8) is 0 Å². The van der Waals surface area contributed by atoms with Crippen LogP contribution in [-0.4, -0.2) is 30.7 Å². The van der Waals surface area contributed by atoms with Crippen molar-refractivity contribution in [3.05, 3.63) is 28.7 Å². The molecule has 0 spiro atoms. The topological polar surface area (TPSA) is 61.4 Å². The van der Waals surface area contributed by atoms with Crippen LogP contribution < -0.4 is 10.6 Å². The summed E-state index contributed by atoms with van der Waals surface area (Å²) in [7, 11) is 0. The summed E-state index contributed by atoms with van der Waals surface area (Å²) in [5, 5.41) is 14.6. The molecule has 0 aromatic heterocycles. The summed E-state index contributed by atoms with van der Waals surface area (Å²) in [5.41, 5.74) is 0.777. The van der Waals surface area contributed by atoms with Crippen LogP contribution in [0.4, 0.5) is 5.69 Å². The molecule has 18 heavy (non-hydrogen) atoms. The van der Waals surface area contributed by atoms with Crippen molar-refractivity contribution in [3.8, 4) is 0 Å². The Labute approximate surface area is 116 Å². The maximum absolute atomic E-state index is 11.6. The summed E-state index contributed by atoms with van der Waals surface area (Å²) >= 11 is 3.35. The largest absolute Gasteiger partial charge is 0.396 e. The molecular weight excluding hydrogens is 296 g/mol. The van der Waals surface area contributed by atoms with Gasteiger partial charge < -0.3 is 15.7 Å². The van der Waals surface area contributed by atoms with Crippen molar-refractivity contribution >= 4 is 27.5 Å². The zero-order valence-corrected chi connectivity index (χ0v) is 12.0. The van der Waals surface area contributed by atoms with Crippen molar-refractivity contribution in [2.45, 2.75) is 13.3 Å². The molecule has 5 heteroatoms. The number of anilines is 1. The quantitative estimate of drug-likeness (QED) is 0.721. The summed E-state index contributed by atoms with van der Waals surface area (Å²) in [4.78, 5) is 11.6. The monoisotopic (exact) mass is 314 g/mol. The third-order valence-electron chi connectivity index (χ3n) is 2.51. The first-order chi connectivity index (χ1) is 8.61. The van der Waals surface area contributed by atoms with Crippen LogP contribution in [0.1, 0.15) is 13.3 Å². The lowest BCUT2D eigenvalue weighted by molar-refractivity contribution is -0.115. The van der Waals surface area contributed by atoms with Gasteiger partial charge in [0.2, 0.25) is 5.91 Å². The van der Waals surface area contributed by atoms with Gasteiger partial charge in [-0.1, -0.05) is 28.9 Å². The minimum Gasteiger partial charge on any atom is -0.396 e. The molecule has 3 N–H and O–H groups in total. The second-order valence-corrected chi connectivity index (χ2v) is 5.22. The number of hydrogen-bond acceptors (Lipinski definition) is 3. The molecule has 1 unspecified atom stereocenters. The molecule has 0 fully saturated rings. The summed E-state index contributed by atoms with van der Waals surface area (Å²) in [6.45, 7) is 3.23. The number of amides is 1. The Balaban J connectivity index is 2.25. The van der Waals surface area contributed by atoms with Gasteiger partial charge in [0.05, 0.1) is 6.54 Å². The highest BCUT2D eigenvalue weighted by Gasteiger charge is 2.04. The molecule has 0 radical (unpaired) electrons. The van der Waals surface area contributed by atoms with Gasteiger partial charge in [-0.2, -0.15) is 0 Å². The van der Waals surface area contributed by atoms with Gasteiger partial charge in [0.25, 0.3) is 0 Å². The van der Waals surface area contributed by atoms with Crippen molar-refractivity contribution in [2.75, 3.05) is 25.0 Å². The number of aliphatic hydroxyl groups excluding tert-OH is 1. The molecule has 0 saturated carbocycles. The Bertz CT molecular complexity index is 385. The van der Waals surface area contributed by atoms with E-state index in [2.05, 4.69) is 26.6 Å². The smallest absolute Gasteiger partial charge is 0.238 e. The van der Waals surface area contributed by atoms with E-state index in [1.54, 1.807) is 0 Å². The SMILES string of the molecule is CC(CCO)CNCC(=O)Nc1cccc(Br)c1. The average Bonchev–Trinajstić information content (AvgIpc) is 2.29. The Kier molecular flexibility index (Phi) is 6.93. The average molecular weight is 315 g/mol. The van der Waals surface area contributed by atoms with Crippen molar-refractivity contribution in [1.29, 1.82) is 0 Å². The van der Waals surface area contributed by atoms with E-state index < -0.39 is 0 Å². The van der Waals surface area contributed by atoms with Gasteiger partial charge in [0, 0.05) is 16.8 Å². The standard InChI is InChI=1S/C13H19BrN2O2/c1-10(5-6-17)8-15-9-13(18)16-12-4-2-3-11(14)7-12/h2-4,7,10,15,17H,5-6,8-9H2,1H3,(H,16,18). The minimum absolute atomic E-state index is 0.0655. The summed E-state index contributed by atoms with van der Waals surface area (Å²) in [6.07, 6.45) is 0.750. The Morgan fingerprint density at radius 1 is 1.50 bits per heavy atom. The molecule has 0 aliphatic heterocycles. The highest BCUT2D eigenvalue weighted by Crippen LogP contribution is 2.15. The minimum atomic E-state index is -0.0655. The van der Waals surface area contributed by atoms with E-state index in [9.17, 15) is 4.79 Å². The third-order valence-corrected chi connectivity index (χ3v) is 3.00. The molecular formula is C13H19BrN2O2. The second kappa shape index (κ2) is 8.24. The fourth-order valence-electron chi connectivity index (χ4n) is 1.53. The molecule has 0 saturated heterocycles. The first kappa shape index (κ1) is 15.1. The number of nitrogens with one attached hydrogen (secondary N) is 2. The molecule has 1 rings (SSSR count). The summed E-state index contributed by atoms with van der Waals surface area (Å²) in [6, 6.07) is 7.48.